The fraction of sp³-hybridized carbons (Fsp3) is 0.160. The second-order valence-corrected chi connectivity index (χ2v) is 9.42. The van der Waals surface area contributed by atoms with Crippen LogP contribution in [0.4, 0.5) is 5.69 Å². The van der Waals surface area contributed by atoms with Gasteiger partial charge in [-0.25, -0.2) is 9.79 Å². The summed E-state index contributed by atoms with van der Waals surface area (Å²) < 4.78 is 11.7. The van der Waals surface area contributed by atoms with E-state index < -0.39 is 0 Å². The Morgan fingerprint density at radius 1 is 1.18 bits per heavy atom. The van der Waals surface area contributed by atoms with Crippen LogP contribution in [0.1, 0.15) is 30.0 Å². The van der Waals surface area contributed by atoms with Gasteiger partial charge < -0.3 is 9.15 Å². The predicted octanol–water partition coefficient (Wildman–Crippen LogP) is 7.16. The molecule has 1 aliphatic heterocycles. The number of benzene rings is 2. The third-order valence-corrected chi connectivity index (χ3v) is 7.15. The Balaban J connectivity index is 1.55. The van der Waals surface area contributed by atoms with Gasteiger partial charge in [-0.1, -0.05) is 23.7 Å². The van der Waals surface area contributed by atoms with Gasteiger partial charge in [0.25, 0.3) is 5.91 Å². The third-order valence-electron chi connectivity index (χ3n) is 4.91. The lowest BCUT2D eigenvalue weighted by molar-refractivity contribution is -0.122. The number of likely N-dealkylation sites (N-methyl/N-ethyl adjacent to an activating group) is 1. The fourth-order valence-electron chi connectivity index (χ4n) is 3.24. The lowest BCUT2D eigenvalue weighted by Crippen LogP contribution is -2.28. The molecule has 0 bridgehead atoms. The van der Waals surface area contributed by atoms with Crippen LogP contribution in [0.2, 0.25) is 5.02 Å². The first-order valence-corrected chi connectivity index (χ1v) is 12.5. The Hall–Kier alpha value is -2.81. The van der Waals surface area contributed by atoms with Crippen molar-refractivity contribution >= 4 is 68.1 Å². The van der Waals surface area contributed by atoms with Gasteiger partial charge in [-0.2, -0.15) is 0 Å². The molecule has 1 amide bonds. The summed E-state index contributed by atoms with van der Waals surface area (Å²) in [7, 11) is 0. The van der Waals surface area contributed by atoms with Crippen LogP contribution in [0.15, 0.2) is 73.4 Å². The average molecular weight is 560 g/mol. The van der Waals surface area contributed by atoms with Crippen molar-refractivity contribution in [3.63, 3.8) is 0 Å². The first kappa shape index (κ1) is 24.3. The van der Waals surface area contributed by atoms with E-state index in [1.54, 1.807) is 54.3 Å². The van der Waals surface area contributed by atoms with Crippen molar-refractivity contribution in [2.45, 2.75) is 13.8 Å². The molecule has 1 aromatic heterocycles. The molecule has 0 N–H and O–H groups in total. The monoisotopic (exact) mass is 558 g/mol. The largest absolute Gasteiger partial charge is 0.462 e. The zero-order chi connectivity index (χ0) is 24.2. The molecule has 9 heteroatoms. The van der Waals surface area contributed by atoms with E-state index in [1.807, 2.05) is 25.1 Å². The van der Waals surface area contributed by atoms with Gasteiger partial charge in [0.15, 0.2) is 5.17 Å². The summed E-state index contributed by atoms with van der Waals surface area (Å²) in [6.07, 6.45) is 1.71. The van der Waals surface area contributed by atoms with Gasteiger partial charge in [0, 0.05) is 22.7 Å². The maximum absolute atomic E-state index is 12.9. The van der Waals surface area contributed by atoms with Crippen LogP contribution in [-0.2, 0) is 9.53 Å². The maximum Gasteiger partial charge on any atom is 0.338 e. The molecule has 0 spiro atoms. The van der Waals surface area contributed by atoms with E-state index in [4.69, 9.17) is 20.8 Å². The van der Waals surface area contributed by atoms with Gasteiger partial charge in [0.2, 0.25) is 0 Å². The van der Waals surface area contributed by atoms with Gasteiger partial charge in [0.1, 0.15) is 11.5 Å². The number of thioether (sulfide) groups is 1. The van der Waals surface area contributed by atoms with Gasteiger partial charge in [-0.05, 0) is 84.0 Å². The number of hydrogen-bond acceptors (Lipinski definition) is 6. The first-order valence-electron chi connectivity index (χ1n) is 10.5. The molecule has 6 nitrogen and oxygen atoms in total. The van der Waals surface area contributed by atoms with Crippen molar-refractivity contribution in [1.29, 1.82) is 0 Å². The van der Waals surface area contributed by atoms with Crippen LogP contribution < -0.4 is 0 Å². The standard InChI is InChI=1S/C25H20BrClN2O4S/c1-3-29-23(30)22(34-25(29)28-17-9-11-19(26)20(27)13-17)14-18-10-12-21(33-18)15-5-7-16(8-6-15)24(31)32-4-2/h5-14H,3-4H2,1-2H3/b22-14-,28-25?. The van der Waals surface area contributed by atoms with E-state index in [0.29, 0.717) is 51.0 Å². The molecule has 0 saturated carbocycles. The summed E-state index contributed by atoms with van der Waals surface area (Å²) in [5.74, 6) is 0.679. The van der Waals surface area contributed by atoms with Crippen molar-refractivity contribution < 1.29 is 18.7 Å². The second kappa shape index (κ2) is 10.6. The second-order valence-electron chi connectivity index (χ2n) is 7.15. The van der Waals surface area contributed by atoms with E-state index >= 15 is 0 Å². The Kier molecular flexibility index (Phi) is 7.60. The topological polar surface area (TPSA) is 72.1 Å². The molecule has 1 saturated heterocycles. The number of esters is 1. The van der Waals surface area contributed by atoms with E-state index in [2.05, 4.69) is 20.9 Å². The third kappa shape index (κ3) is 5.29. The Morgan fingerprint density at radius 2 is 1.94 bits per heavy atom. The summed E-state index contributed by atoms with van der Waals surface area (Å²) >= 11 is 10.8. The summed E-state index contributed by atoms with van der Waals surface area (Å²) in [4.78, 5) is 31.5. The first-order chi connectivity index (χ1) is 16.4. The Bertz CT molecular complexity index is 1300. The highest BCUT2D eigenvalue weighted by Gasteiger charge is 2.32. The van der Waals surface area contributed by atoms with E-state index in [-0.39, 0.29) is 11.9 Å². The van der Waals surface area contributed by atoms with Crippen LogP contribution in [0.3, 0.4) is 0 Å². The molecule has 4 rings (SSSR count). The smallest absolute Gasteiger partial charge is 0.338 e. The summed E-state index contributed by atoms with van der Waals surface area (Å²) in [5.41, 5.74) is 1.95. The van der Waals surface area contributed by atoms with Crippen LogP contribution >= 0.6 is 39.3 Å². The lowest BCUT2D eigenvalue weighted by Gasteiger charge is -2.12. The average Bonchev–Trinajstić information content (AvgIpc) is 3.41. The molecule has 0 atom stereocenters. The number of nitrogens with zero attached hydrogens (tertiary/aromatic N) is 2. The molecule has 2 aromatic carbocycles. The maximum atomic E-state index is 12.9. The summed E-state index contributed by atoms with van der Waals surface area (Å²) in [6.45, 7) is 4.48. The van der Waals surface area contributed by atoms with Crippen molar-refractivity contribution in [2.75, 3.05) is 13.2 Å². The molecule has 3 aromatic rings. The highest BCUT2D eigenvalue weighted by molar-refractivity contribution is 9.10. The van der Waals surface area contributed by atoms with E-state index in [1.165, 1.54) is 11.8 Å². The number of furan rings is 1. The fourth-order valence-corrected chi connectivity index (χ4v) is 4.70. The van der Waals surface area contributed by atoms with Crippen molar-refractivity contribution in [3.05, 3.63) is 80.3 Å². The Morgan fingerprint density at radius 3 is 2.62 bits per heavy atom. The molecule has 0 unspecified atom stereocenters. The Labute approximate surface area is 214 Å². The van der Waals surface area contributed by atoms with Crippen LogP contribution in [0.25, 0.3) is 17.4 Å². The minimum Gasteiger partial charge on any atom is -0.462 e. The highest BCUT2D eigenvalue weighted by atomic mass is 79.9. The minimum atomic E-state index is -0.362. The number of ether oxygens (including phenoxy) is 1. The van der Waals surface area contributed by atoms with Crippen LogP contribution in [0, 0.1) is 0 Å². The highest BCUT2D eigenvalue weighted by Crippen LogP contribution is 2.36. The number of rotatable bonds is 6. The number of carbonyl (C=O) groups excluding carboxylic acids is 2. The van der Waals surface area contributed by atoms with Gasteiger partial charge >= 0.3 is 5.97 Å². The molecule has 2 heterocycles. The van der Waals surface area contributed by atoms with Gasteiger partial charge in [0.05, 0.1) is 27.8 Å². The van der Waals surface area contributed by atoms with Gasteiger partial charge in [-0.3, -0.25) is 9.69 Å². The SMILES string of the molecule is CCOC(=O)c1ccc(-c2ccc(/C=C3\SC(=Nc4ccc(Br)c(Cl)c4)N(CC)C3=O)o2)cc1. The molecular weight excluding hydrogens is 540 g/mol. The van der Waals surface area contributed by atoms with Crippen molar-refractivity contribution in [3.8, 4) is 11.3 Å². The molecular formula is C25H20BrClN2O4S. The molecule has 1 fully saturated rings. The van der Waals surface area contributed by atoms with Crippen molar-refractivity contribution in [2.24, 2.45) is 4.99 Å². The molecule has 0 radical (unpaired) electrons. The molecule has 0 aliphatic carbocycles. The zero-order valence-electron chi connectivity index (χ0n) is 18.4. The van der Waals surface area contributed by atoms with Gasteiger partial charge in [-0.15, -0.1) is 0 Å². The minimum absolute atomic E-state index is 0.133. The normalized spacial score (nSPS) is 16.0. The lowest BCUT2D eigenvalue weighted by atomic mass is 10.1. The van der Waals surface area contributed by atoms with Crippen LogP contribution in [-0.4, -0.2) is 35.1 Å². The summed E-state index contributed by atoms with van der Waals surface area (Å²) in [5, 5.41) is 1.13. The number of aliphatic imine (C=N–C) groups is 1. The number of hydrogen-bond donors (Lipinski definition) is 0. The molecule has 174 valence electrons. The molecule has 1 aliphatic rings. The molecule has 34 heavy (non-hydrogen) atoms. The van der Waals surface area contributed by atoms with E-state index in [9.17, 15) is 9.59 Å². The summed E-state index contributed by atoms with van der Waals surface area (Å²) in [6, 6.07) is 16.0. The number of carbonyl (C=O) groups is 2. The van der Waals surface area contributed by atoms with Crippen molar-refractivity contribution in [1.82, 2.24) is 4.90 Å². The number of amidine groups is 1. The quantitative estimate of drug-likeness (QED) is 0.237. The number of halogens is 2. The predicted molar refractivity (Wildman–Crippen MR) is 139 cm³/mol. The van der Waals surface area contributed by atoms with E-state index in [0.717, 1.165) is 10.0 Å². The van der Waals surface area contributed by atoms with Crippen LogP contribution in [0.5, 0.6) is 0 Å². The number of amides is 1. The zero-order valence-corrected chi connectivity index (χ0v) is 21.5.